The van der Waals surface area contributed by atoms with Crippen LogP contribution in [-0.4, -0.2) is 28.0 Å². The largest absolute Gasteiger partial charge is 0.337 e. The number of fused-ring (bicyclic) bond motifs is 1. The minimum atomic E-state index is -0.698. The summed E-state index contributed by atoms with van der Waals surface area (Å²) in [6.45, 7) is 3.70. The van der Waals surface area contributed by atoms with Gasteiger partial charge >= 0.3 is 0 Å². The number of halogens is 2. The molecule has 0 saturated heterocycles. The molecule has 7 heteroatoms. The first-order valence-electron chi connectivity index (χ1n) is 9.37. The van der Waals surface area contributed by atoms with Gasteiger partial charge in [0.25, 0.3) is 11.6 Å². The Morgan fingerprint density at radius 2 is 1.80 bits per heavy atom. The minimum Gasteiger partial charge on any atom is -0.337 e. The van der Waals surface area contributed by atoms with Crippen LogP contribution >= 0.6 is 0 Å². The summed E-state index contributed by atoms with van der Waals surface area (Å²) < 4.78 is 32.5. The van der Waals surface area contributed by atoms with Gasteiger partial charge in [-0.25, -0.2) is 13.8 Å². The van der Waals surface area contributed by atoms with E-state index in [1.807, 2.05) is 31.2 Å². The average molecular weight is 407 g/mol. The predicted molar refractivity (Wildman–Crippen MR) is 109 cm³/mol. The molecular weight excluding hydrogens is 388 g/mol. The quantitative estimate of drug-likeness (QED) is 0.475. The van der Waals surface area contributed by atoms with Crippen molar-refractivity contribution in [3.8, 4) is 11.3 Å². The van der Waals surface area contributed by atoms with Crippen LogP contribution in [0.1, 0.15) is 27.2 Å². The second kappa shape index (κ2) is 7.67. The number of rotatable bonds is 4. The van der Waals surface area contributed by atoms with Crippen LogP contribution in [0.15, 0.2) is 53.1 Å². The molecule has 0 spiro atoms. The topological polar surface area (TPSA) is 59.2 Å². The standard InChI is InChI=1S/C23H19F2N3O2/c1-13-4-6-15(7-5-13)20-11-18(21-14(2)27-30-22(21)26-20)23(29)28(3)12-16-8-9-17(24)10-19(16)25/h4-11H,12H2,1-3H3. The predicted octanol–water partition coefficient (Wildman–Crippen LogP) is 5.06. The second-order valence-electron chi connectivity index (χ2n) is 7.27. The van der Waals surface area contributed by atoms with Crippen LogP contribution in [0.5, 0.6) is 0 Å². The van der Waals surface area contributed by atoms with Gasteiger partial charge in [0.15, 0.2) is 0 Å². The van der Waals surface area contributed by atoms with Gasteiger partial charge in [-0.1, -0.05) is 41.1 Å². The highest BCUT2D eigenvalue weighted by atomic mass is 19.1. The molecule has 30 heavy (non-hydrogen) atoms. The maximum absolute atomic E-state index is 14.0. The maximum Gasteiger partial charge on any atom is 0.259 e. The van der Waals surface area contributed by atoms with E-state index in [9.17, 15) is 13.6 Å². The molecule has 0 fully saturated rings. The van der Waals surface area contributed by atoms with Crippen LogP contribution in [-0.2, 0) is 6.54 Å². The van der Waals surface area contributed by atoms with Gasteiger partial charge in [-0.15, -0.1) is 0 Å². The van der Waals surface area contributed by atoms with Crippen LogP contribution in [0, 0.1) is 25.5 Å². The van der Waals surface area contributed by atoms with E-state index in [4.69, 9.17) is 4.52 Å². The van der Waals surface area contributed by atoms with E-state index in [1.54, 1.807) is 20.0 Å². The average Bonchev–Trinajstić information content (AvgIpc) is 3.10. The number of hydrogen-bond donors (Lipinski definition) is 0. The second-order valence-corrected chi connectivity index (χ2v) is 7.27. The highest BCUT2D eigenvalue weighted by molar-refractivity contribution is 6.06. The van der Waals surface area contributed by atoms with Gasteiger partial charge < -0.3 is 9.42 Å². The Hall–Kier alpha value is -3.61. The lowest BCUT2D eigenvalue weighted by molar-refractivity contribution is 0.0785. The zero-order valence-corrected chi connectivity index (χ0v) is 16.7. The number of carbonyl (C=O) groups is 1. The fourth-order valence-corrected chi connectivity index (χ4v) is 3.32. The van der Waals surface area contributed by atoms with Crippen molar-refractivity contribution in [1.82, 2.24) is 15.0 Å². The van der Waals surface area contributed by atoms with Gasteiger partial charge in [-0.2, -0.15) is 0 Å². The number of nitrogens with zero attached hydrogens (tertiary/aromatic N) is 3. The molecule has 0 bridgehead atoms. The van der Waals surface area contributed by atoms with E-state index in [0.29, 0.717) is 22.3 Å². The van der Waals surface area contributed by atoms with E-state index in [0.717, 1.165) is 17.2 Å². The smallest absolute Gasteiger partial charge is 0.259 e. The first-order valence-corrected chi connectivity index (χ1v) is 9.37. The van der Waals surface area contributed by atoms with Gasteiger partial charge in [-0.3, -0.25) is 4.79 Å². The van der Waals surface area contributed by atoms with Crippen LogP contribution in [0.3, 0.4) is 0 Å². The molecule has 152 valence electrons. The molecule has 2 aromatic carbocycles. The van der Waals surface area contributed by atoms with Crippen LogP contribution in [0.4, 0.5) is 8.78 Å². The van der Waals surface area contributed by atoms with Gasteiger partial charge in [0, 0.05) is 30.8 Å². The lowest BCUT2D eigenvalue weighted by Gasteiger charge is -2.18. The summed E-state index contributed by atoms with van der Waals surface area (Å²) in [7, 11) is 1.56. The van der Waals surface area contributed by atoms with E-state index in [-0.39, 0.29) is 23.7 Å². The Bertz CT molecular complexity index is 1250. The third-order valence-corrected chi connectivity index (χ3v) is 4.96. The summed E-state index contributed by atoms with van der Waals surface area (Å²) in [5.41, 5.74) is 3.89. The molecule has 1 amide bonds. The molecule has 0 N–H and O–H groups in total. The monoisotopic (exact) mass is 407 g/mol. The lowest BCUT2D eigenvalue weighted by atomic mass is 10.0. The van der Waals surface area contributed by atoms with Crippen LogP contribution in [0.25, 0.3) is 22.4 Å². The highest BCUT2D eigenvalue weighted by Crippen LogP contribution is 2.28. The third kappa shape index (κ3) is 3.66. The molecule has 0 aliphatic heterocycles. The molecule has 2 aromatic heterocycles. The number of benzene rings is 2. The van der Waals surface area contributed by atoms with Crippen molar-refractivity contribution in [1.29, 1.82) is 0 Å². The molecule has 0 aliphatic rings. The molecule has 0 atom stereocenters. The van der Waals surface area contributed by atoms with Crippen molar-refractivity contribution in [2.75, 3.05) is 7.05 Å². The van der Waals surface area contributed by atoms with E-state index >= 15 is 0 Å². The Morgan fingerprint density at radius 3 is 2.50 bits per heavy atom. The first kappa shape index (κ1) is 19.7. The third-order valence-electron chi connectivity index (χ3n) is 4.96. The number of aromatic nitrogens is 2. The van der Waals surface area contributed by atoms with Crippen LogP contribution in [0.2, 0.25) is 0 Å². The summed E-state index contributed by atoms with van der Waals surface area (Å²) in [4.78, 5) is 19.1. The Morgan fingerprint density at radius 1 is 1.07 bits per heavy atom. The van der Waals surface area contributed by atoms with Crippen molar-refractivity contribution >= 4 is 17.0 Å². The van der Waals surface area contributed by atoms with Crippen molar-refractivity contribution < 1.29 is 18.1 Å². The van der Waals surface area contributed by atoms with Gasteiger partial charge in [-0.05, 0) is 26.0 Å². The summed E-state index contributed by atoms with van der Waals surface area (Å²) >= 11 is 0. The van der Waals surface area contributed by atoms with Gasteiger partial charge in [0.05, 0.1) is 22.3 Å². The number of hydrogen-bond acceptors (Lipinski definition) is 4. The number of carbonyl (C=O) groups excluding carboxylic acids is 1. The Balaban J connectivity index is 1.75. The van der Waals surface area contributed by atoms with E-state index in [2.05, 4.69) is 10.1 Å². The molecule has 0 unspecified atom stereocenters. The van der Waals surface area contributed by atoms with Gasteiger partial charge in [0.1, 0.15) is 11.6 Å². The fraction of sp³-hybridized carbons (Fsp3) is 0.174. The number of pyridine rings is 1. The van der Waals surface area contributed by atoms with Crippen molar-refractivity contribution in [2.45, 2.75) is 20.4 Å². The van der Waals surface area contributed by atoms with E-state index < -0.39 is 11.6 Å². The zero-order chi connectivity index (χ0) is 21.4. The SMILES string of the molecule is Cc1ccc(-c2cc(C(=O)N(C)Cc3ccc(F)cc3F)c3c(C)noc3n2)cc1. The summed E-state index contributed by atoms with van der Waals surface area (Å²) in [5.74, 6) is -1.70. The maximum atomic E-state index is 14.0. The summed E-state index contributed by atoms with van der Waals surface area (Å²) in [6.07, 6.45) is 0. The molecule has 4 aromatic rings. The fourth-order valence-electron chi connectivity index (χ4n) is 3.32. The van der Waals surface area contributed by atoms with Crippen molar-refractivity contribution in [3.05, 3.63) is 82.5 Å². The molecule has 0 radical (unpaired) electrons. The molecule has 0 saturated carbocycles. The highest BCUT2D eigenvalue weighted by Gasteiger charge is 2.22. The lowest BCUT2D eigenvalue weighted by Crippen LogP contribution is -2.27. The number of amides is 1. The molecular formula is C23H19F2N3O2. The van der Waals surface area contributed by atoms with Gasteiger partial charge in [0.2, 0.25) is 0 Å². The minimum absolute atomic E-state index is 0.0149. The van der Waals surface area contributed by atoms with Crippen molar-refractivity contribution in [3.63, 3.8) is 0 Å². The Labute approximate surface area is 171 Å². The number of aryl methyl sites for hydroxylation is 2. The summed E-state index contributed by atoms with van der Waals surface area (Å²) in [5, 5.41) is 4.46. The molecule has 4 rings (SSSR count). The van der Waals surface area contributed by atoms with Crippen LogP contribution < -0.4 is 0 Å². The van der Waals surface area contributed by atoms with E-state index in [1.165, 1.54) is 17.0 Å². The first-order chi connectivity index (χ1) is 14.3. The normalized spacial score (nSPS) is 11.1. The molecule has 2 heterocycles. The summed E-state index contributed by atoms with van der Waals surface area (Å²) in [6, 6.07) is 12.7. The zero-order valence-electron chi connectivity index (χ0n) is 16.7. The molecule has 5 nitrogen and oxygen atoms in total. The van der Waals surface area contributed by atoms with Crippen molar-refractivity contribution in [2.24, 2.45) is 0 Å². The Kier molecular flexibility index (Phi) is 5.03. The molecule has 0 aliphatic carbocycles.